The average Bonchev–Trinajstić information content (AvgIpc) is 3.55. The van der Waals surface area contributed by atoms with Gasteiger partial charge < -0.3 is 20.1 Å². The van der Waals surface area contributed by atoms with Gasteiger partial charge in [-0.2, -0.15) is 0 Å². The molecule has 0 bridgehead atoms. The maximum Gasteiger partial charge on any atom is 0.262 e. The van der Waals surface area contributed by atoms with E-state index in [4.69, 9.17) is 9.47 Å². The highest BCUT2D eigenvalue weighted by molar-refractivity contribution is 7.12. The fourth-order valence-corrected chi connectivity index (χ4v) is 4.84. The van der Waals surface area contributed by atoms with Gasteiger partial charge >= 0.3 is 0 Å². The molecule has 1 atom stereocenters. The quantitative estimate of drug-likeness (QED) is 0.570. The molecule has 2 amide bonds. The van der Waals surface area contributed by atoms with Crippen LogP contribution in [0, 0.1) is 0 Å². The van der Waals surface area contributed by atoms with Gasteiger partial charge in [-0.15, -0.1) is 11.3 Å². The van der Waals surface area contributed by atoms with Crippen molar-refractivity contribution in [1.82, 2.24) is 5.32 Å². The second kappa shape index (κ2) is 8.67. The number of carbonyl (C=O) groups excluding carboxylic acids is 2. The lowest BCUT2D eigenvalue weighted by molar-refractivity contribution is -0.118. The normalized spacial score (nSPS) is 16.6. The van der Waals surface area contributed by atoms with Gasteiger partial charge in [0, 0.05) is 31.0 Å². The minimum Gasteiger partial charge on any atom is -0.448 e. The van der Waals surface area contributed by atoms with Gasteiger partial charge in [-0.25, -0.2) is 0 Å². The first-order valence-electron chi connectivity index (χ1n) is 10.8. The molecule has 3 aromatic rings. The molecule has 2 N–H and O–H groups in total. The van der Waals surface area contributed by atoms with Gasteiger partial charge in [0.05, 0.1) is 4.88 Å². The monoisotopic (exact) mass is 448 g/mol. The molecule has 6 nitrogen and oxygen atoms in total. The zero-order valence-corrected chi connectivity index (χ0v) is 18.3. The lowest BCUT2D eigenvalue weighted by Gasteiger charge is -2.21. The molecule has 1 aliphatic heterocycles. The van der Waals surface area contributed by atoms with E-state index in [1.807, 2.05) is 47.8 Å². The number of fused-ring (bicyclic) bond motifs is 1. The Morgan fingerprint density at radius 1 is 0.969 bits per heavy atom. The van der Waals surface area contributed by atoms with Gasteiger partial charge in [0.1, 0.15) is 6.04 Å². The molecule has 2 aliphatic rings. The number of thiophene rings is 1. The zero-order valence-electron chi connectivity index (χ0n) is 17.5. The number of ether oxygens (including phenoxy) is 2. The Labute approximate surface area is 190 Å². The molecule has 2 aromatic carbocycles. The standard InChI is InChI=1S/C25H24N2O4S/c28-23(26-18-10-11-20-21(16-18)31-25(30-20)12-4-5-13-25)19(15-17-7-2-1-3-8-17)27-24(29)22-9-6-14-32-22/h1-3,6-11,14,16,19H,4-5,12-13,15H2,(H,26,28)(H,27,29). The summed E-state index contributed by atoms with van der Waals surface area (Å²) in [6.07, 6.45) is 4.30. The number of hydrogen-bond acceptors (Lipinski definition) is 5. The molecule has 1 fully saturated rings. The summed E-state index contributed by atoms with van der Waals surface area (Å²) in [5.74, 6) is 0.261. The van der Waals surface area contributed by atoms with Crippen LogP contribution in [0.15, 0.2) is 66.0 Å². The van der Waals surface area contributed by atoms with Crippen molar-refractivity contribution in [3.8, 4) is 11.5 Å². The van der Waals surface area contributed by atoms with Gasteiger partial charge in [0.25, 0.3) is 11.7 Å². The summed E-state index contributed by atoms with van der Waals surface area (Å²) in [7, 11) is 0. The highest BCUT2D eigenvalue weighted by Crippen LogP contribution is 2.47. The Balaban J connectivity index is 1.32. The molecule has 0 saturated heterocycles. The van der Waals surface area contributed by atoms with Crippen LogP contribution in [0.25, 0.3) is 0 Å². The molecule has 0 radical (unpaired) electrons. The van der Waals surface area contributed by atoms with Crippen LogP contribution in [0.4, 0.5) is 5.69 Å². The van der Waals surface area contributed by atoms with Crippen LogP contribution in [-0.4, -0.2) is 23.6 Å². The van der Waals surface area contributed by atoms with E-state index in [9.17, 15) is 9.59 Å². The molecular formula is C25H24N2O4S. The van der Waals surface area contributed by atoms with Crippen molar-refractivity contribution < 1.29 is 19.1 Å². The first-order chi connectivity index (χ1) is 15.6. The third-order valence-corrected chi connectivity index (χ3v) is 6.69. The molecule has 2 heterocycles. The molecule has 164 valence electrons. The number of rotatable bonds is 6. The van der Waals surface area contributed by atoms with Crippen LogP contribution in [0.2, 0.25) is 0 Å². The first kappa shape index (κ1) is 20.6. The van der Waals surface area contributed by atoms with Crippen LogP contribution in [0.1, 0.15) is 40.9 Å². The highest BCUT2D eigenvalue weighted by Gasteiger charge is 2.44. The minimum absolute atomic E-state index is 0.259. The van der Waals surface area contributed by atoms with Crippen LogP contribution >= 0.6 is 11.3 Å². The van der Waals surface area contributed by atoms with Gasteiger partial charge in [0.2, 0.25) is 5.91 Å². The fourth-order valence-electron chi connectivity index (χ4n) is 4.21. The van der Waals surface area contributed by atoms with Crippen LogP contribution in [0.3, 0.4) is 0 Å². The number of nitrogens with one attached hydrogen (secondary N) is 2. The maximum absolute atomic E-state index is 13.2. The van der Waals surface area contributed by atoms with E-state index in [0.29, 0.717) is 28.5 Å². The molecular weight excluding hydrogens is 424 g/mol. The summed E-state index contributed by atoms with van der Waals surface area (Å²) in [5.41, 5.74) is 1.57. The summed E-state index contributed by atoms with van der Waals surface area (Å²) in [6.45, 7) is 0. The predicted octanol–water partition coefficient (Wildman–Crippen LogP) is 4.77. The Kier molecular flexibility index (Phi) is 5.57. The van der Waals surface area contributed by atoms with E-state index in [2.05, 4.69) is 10.6 Å². The van der Waals surface area contributed by atoms with Crippen molar-refractivity contribution in [2.45, 2.75) is 43.9 Å². The van der Waals surface area contributed by atoms with Gasteiger partial charge in [-0.1, -0.05) is 36.4 Å². The summed E-state index contributed by atoms with van der Waals surface area (Å²) in [6, 6.07) is 17.9. The Bertz CT molecular complexity index is 1110. The van der Waals surface area contributed by atoms with Crippen molar-refractivity contribution in [2.75, 3.05) is 5.32 Å². The number of hydrogen-bond donors (Lipinski definition) is 2. The van der Waals surface area contributed by atoms with Crippen LogP contribution in [-0.2, 0) is 11.2 Å². The summed E-state index contributed by atoms with van der Waals surface area (Å²) in [4.78, 5) is 26.4. The summed E-state index contributed by atoms with van der Waals surface area (Å²) >= 11 is 1.34. The van der Waals surface area contributed by atoms with Crippen molar-refractivity contribution in [1.29, 1.82) is 0 Å². The fraction of sp³-hybridized carbons (Fsp3) is 0.280. The average molecular weight is 449 g/mol. The second-order valence-electron chi connectivity index (χ2n) is 8.17. The molecule has 5 rings (SSSR count). The highest BCUT2D eigenvalue weighted by atomic mass is 32.1. The van der Waals surface area contributed by atoms with Crippen molar-refractivity contribution in [3.63, 3.8) is 0 Å². The second-order valence-corrected chi connectivity index (χ2v) is 9.11. The smallest absolute Gasteiger partial charge is 0.262 e. The third-order valence-electron chi connectivity index (χ3n) is 5.82. The first-order valence-corrected chi connectivity index (χ1v) is 11.7. The largest absolute Gasteiger partial charge is 0.448 e. The van der Waals surface area contributed by atoms with Gasteiger partial charge in [-0.3, -0.25) is 9.59 Å². The number of carbonyl (C=O) groups is 2. The number of anilines is 1. The van der Waals surface area contributed by atoms with Crippen molar-refractivity contribution in [2.24, 2.45) is 0 Å². The molecule has 1 spiro atoms. The lowest BCUT2D eigenvalue weighted by Crippen LogP contribution is -2.45. The van der Waals surface area contributed by atoms with E-state index in [1.54, 1.807) is 18.2 Å². The maximum atomic E-state index is 13.2. The third kappa shape index (κ3) is 4.34. The van der Waals surface area contributed by atoms with E-state index in [1.165, 1.54) is 11.3 Å². The van der Waals surface area contributed by atoms with Gasteiger partial charge in [-0.05, 0) is 42.0 Å². The zero-order chi connectivity index (χ0) is 22.0. The van der Waals surface area contributed by atoms with E-state index in [-0.39, 0.29) is 11.8 Å². The molecule has 1 aliphatic carbocycles. The number of benzene rings is 2. The molecule has 7 heteroatoms. The Morgan fingerprint density at radius 3 is 2.50 bits per heavy atom. The molecule has 1 unspecified atom stereocenters. The van der Waals surface area contributed by atoms with Crippen molar-refractivity contribution >= 4 is 28.8 Å². The molecule has 1 saturated carbocycles. The SMILES string of the molecule is O=C(NC(Cc1ccccc1)C(=O)Nc1ccc2c(c1)OC1(CCCC1)O2)c1cccs1. The summed E-state index contributed by atoms with van der Waals surface area (Å²) < 4.78 is 12.2. The number of amides is 2. The Morgan fingerprint density at radius 2 is 1.75 bits per heavy atom. The van der Waals surface area contributed by atoms with Crippen LogP contribution < -0.4 is 20.1 Å². The minimum atomic E-state index is -0.724. The van der Waals surface area contributed by atoms with Gasteiger partial charge in [0.15, 0.2) is 11.5 Å². The topological polar surface area (TPSA) is 76.7 Å². The molecule has 32 heavy (non-hydrogen) atoms. The lowest BCUT2D eigenvalue weighted by atomic mass is 10.0. The van der Waals surface area contributed by atoms with Crippen molar-refractivity contribution in [3.05, 3.63) is 76.5 Å². The summed E-state index contributed by atoms with van der Waals surface area (Å²) in [5, 5.41) is 7.66. The van der Waals surface area contributed by atoms with E-state index < -0.39 is 11.8 Å². The predicted molar refractivity (Wildman–Crippen MR) is 123 cm³/mol. The van der Waals surface area contributed by atoms with E-state index >= 15 is 0 Å². The van der Waals surface area contributed by atoms with E-state index in [0.717, 1.165) is 31.2 Å². The van der Waals surface area contributed by atoms with Crippen LogP contribution in [0.5, 0.6) is 11.5 Å². The Hall–Kier alpha value is -3.32. The molecule has 1 aromatic heterocycles.